The van der Waals surface area contributed by atoms with Crippen LogP contribution in [-0.2, 0) is 6.42 Å². The average molecular weight is 291 g/mol. The number of benzene rings is 1. The Labute approximate surface area is 119 Å². The topological polar surface area (TPSA) is 26.0 Å². The molecule has 19 heavy (non-hydrogen) atoms. The molecule has 0 bridgehead atoms. The number of hydrogen-bond donors (Lipinski definition) is 1. The molecule has 2 heterocycles. The van der Waals surface area contributed by atoms with Crippen LogP contribution in [0.15, 0.2) is 41.8 Å². The fraction of sp³-hybridized carbons (Fsp3) is 0.200. The van der Waals surface area contributed by atoms with Gasteiger partial charge in [-0.05, 0) is 53.9 Å². The van der Waals surface area contributed by atoms with Gasteiger partial charge in [0.1, 0.15) is 5.82 Å². The number of nitrogens with two attached hydrogens (primary N) is 1. The minimum absolute atomic E-state index is 0.0301. The van der Waals surface area contributed by atoms with Gasteiger partial charge in [0.05, 0.1) is 0 Å². The molecule has 1 nitrogen and oxygen atoms in total. The predicted molar refractivity (Wildman–Crippen MR) is 81.4 cm³/mol. The Morgan fingerprint density at radius 1 is 1.21 bits per heavy atom. The normalized spacial score (nSPS) is 12.9. The maximum Gasteiger partial charge on any atom is 0.123 e. The monoisotopic (exact) mass is 291 g/mol. The molecule has 0 aliphatic rings. The molecule has 4 heteroatoms. The zero-order chi connectivity index (χ0) is 13.2. The number of fused-ring (bicyclic) bond motifs is 1. The summed E-state index contributed by atoms with van der Waals surface area (Å²) in [6.07, 6.45) is 1.93. The smallest absolute Gasteiger partial charge is 0.123 e. The van der Waals surface area contributed by atoms with Crippen molar-refractivity contribution in [1.29, 1.82) is 0 Å². The molecule has 3 rings (SSSR count). The van der Waals surface area contributed by atoms with E-state index in [-0.39, 0.29) is 11.9 Å². The molecule has 1 unspecified atom stereocenters. The molecule has 2 aromatic heterocycles. The molecule has 98 valence electrons. The lowest BCUT2D eigenvalue weighted by atomic mass is 10.1. The minimum atomic E-state index is -0.191. The van der Waals surface area contributed by atoms with Crippen LogP contribution in [0.4, 0.5) is 4.39 Å². The van der Waals surface area contributed by atoms with E-state index in [9.17, 15) is 4.39 Å². The van der Waals surface area contributed by atoms with Gasteiger partial charge in [-0.25, -0.2) is 4.39 Å². The summed E-state index contributed by atoms with van der Waals surface area (Å²) < 4.78 is 14.3. The highest BCUT2D eigenvalue weighted by Crippen LogP contribution is 2.31. The van der Waals surface area contributed by atoms with Crippen molar-refractivity contribution < 1.29 is 4.39 Å². The highest BCUT2D eigenvalue weighted by Gasteiger charge is 2.11. The number of thiophene rings is 2. The molecule has 0 fully saturated rings. The van der Waals surface area contributed by atoms with Gasteiger partial charge in [0.2, 0.25) is 0 Å². The Balaban J connectivity index is 1.75. The molecule has 0 spiro atoms. The zero-order valence-corrected chi connectivity index (χ0v) is 11.9. The quantitative estimate of drug-likeness (QED) is 0.738. The number of rotatable bonds is 4. The predicted octanol–water partition coefficient (Wildman–Crippen LogP) is 4.73. The Bertz CT molecular complexity index is 673. The van der Waals surface area contributed by atoms with Gasteiger partial charge in [0.25, 0.3) is 0 Å². The Kier molecular flexibility index (Phi) is 3.64. The second-order valence-corrected chi connectivity index (χ2v) is 6.70. The Morgan fingerprint density at radius 3 is 2.89 bits per heavy atom. The molecular weight excluding hydrogens is 277 g/mol. The highest BCUT2D eigenvalue weighted by atomic mass is 32.1. The first-order chi connectivity index (χ1) is 9.22. The van der Waals surface area contributed by atoms with Crippen molar-refractivity contribution in [3.63, 3.8) is 0 Å². The van der Waals surface area contributed by atoms with Gasteiger partial charge in [-0.3, -0.25) is 0 Å². The van der Waals surface area contributed by atoms with Crippen molar-refractivity contribution in [3.8, 4) is 0 Å². The van der Waals surface area contributed by atoms with Gasteiger partial charge in [0, 0.05) is 20.5 Å². The van der Waals surface area contributed by atoms with Crippen molar-refractivity contribution in [2.24, 2.45) is 5.73 Å². The Morgan fingerprint density at radius 2 is 2.11 bits per heavy atom. The fourth-order valence-corrected chi connectivity index (χ4v) is 3.92. The molecule has 1 atom stereocenters. The van der Waals surface area contributed by atoms with Gasteiger partial charge in [-0.15, -0.1) is 22.7 Å². The minimum Gasteiger partial charge on any atom is -0.323 e. The number of aryl methyl sites for hydroxylation is 1. The fourth-order valence-electron chi connectivity index (χ4n) is 2.11. The molecular formula is C15H14FNS2. The summed E-state index contributed by atoms with van der Waals surface area (Å²) in [6, 6.07) is 11.1. The van der Waals surface area contributed by atoms with Gasteiger partial charge in [0.15, 0.2) is 0 Å². The SMILES string of the molecule is NC(CCc1cccs1)c1cc2cc(F)ccc2s1. The van der Waals surface area contributed by atoms with Crippen LogP contribution in [-0.4, -0.2) is 0 Å². The van der Waals surface area contributed by atoms with Crippen molar-refractivity contribution in [3.05, 3.63) is 57.3 Å². The molecule has 1 aromatic carbocycles. The lowest BCUT2D eigenvalue weighted by Gasteiger charge is -2.07. The highest BCUT2D eigenvalue weighted by molar-refractivity contribution is 7.19. The van der Waals surface area contributed by atoms with E-state index in [4.69, 9.17) is 5.73 Å². The zero-order valence-electron chi connectivity index (χ0n) is 10.3. The summed E-state index contributed by atoms with van der Waals surface area (Å²) in [7, 11) is 0. The van der Waals surface area contributed by atoms with Crippen LogP contribution in [0.2, 0.25) is 0 Å². The molecule has 0 aliphatic carbocycles. The van der Waals surface area contributed by atoms with Crippen LogP contribution < -0.4 is 5.73 Å². The van der Waals surface area contributed by atoms with Crippen molar-refractivity contribution in [2.45, 2.75) is 18.9 Å². The van der Waals surface area contributed by atoms with Crippen molar-refractivity contribution in [2.75, 3.05) is 0 Å². The number of hydrogen-bond acceptors (Lipinski definition) is 3. The van der Waals surface area contributed by atoms with Crippen LogP contribution in [0.3, 0.4) is 0 Å². The molecule has 0 amide bonds. The van der Waals surface area contributed by atoms with Crippen LogP contribution in [0, 0.1) is 5.82 Å². The van der Waals surface area contributed by atoms with Gasteiger partial charge in [-0.2, -0.15) is 0 Å². The summed E-state index contributed by atoms with van der Waals surface area (Å²) in [5, 5.41) is 3.04. The van der Waals surface area contributed by atoms with E-state index in [1.165, 1.54) is 10.9 Å². The van der Waals surface area contributed by atoms with E-state index >= 15 is 0 Å². The van der Waals surface area contributed by atoms with E-state index in [2.05, 4.69) is 17.5 Å². The average Bonchev–Trinajstić information content (AvgIpc) is 3.04. The van der Waals surface area contributed by atoms with E-state index in [1.807, 2.05) is 12.1 Å². The summed E-state index contributed by atoms with van der Waals surface area (Å²) >= 11 is 3.43. The maximum absolute atomic E-state index is 13.2. The first-order valence-electron chi connectivity index (χ1n) is 6.19. The van der Waals surface area contributed by atoms with Crippen LogP contribution in [0.25, 0.3) is 10.1 Å². The van der Waals surface area contributed by atoms with Crippen LogP contribution >= 0.6 is 22.7 Å². The van der Waals surface area contributed by atoms with Crippen LogP contribution in [0.1, 0.15) is 22.2 Å². The molecule has 0 radical (unpaired) electrons. The van der Waals surface area contributed by atoms with Gasteiger partial charge in [-0.1, -0.05) is 6.07 Å². The molecule has 0 aliphatic heterocycles. The lowest BCUT2D eigenvalue weighted by molar-refractivity contribution is 0.630. The van der Waals surface area contributed by atoms with Crippen molar-refractivity contribution >= 4 is 32.8 Å². The summed E-state index contributed by atoms with van der Waals surface area (Å²) in [5.74, 6) is -0.191. The second-order valence-electron chi connectivity index (χ2n) is 4.56. The first kappa shape index (κ1) is 12.8. The third kappa shape index (κ3) is 2.86. The summed E-state index contributed by atoms with van der Waals surface area (Å²) in [5.41, 5.74) is 6.23. The largest absolute Gasteiger partial charge is 0.323 e. The summed E-state index contributed by atoms with van der Waals surface area (Å²) in [6.45, 7) is 0. The molecule has 0 saturated heterocycles. The second kappa shape index (κ2) is 5.41. The van der Waals surface area contributed by atoms with E-state index in [0.717, 1.165) is 27.8 Å². The number of halogens is 1. The van der Waals surface area contributed by atoms with E-state index < -0.39 is 0 Å². The van der Waals surface area contributed by atoms with E-state index in [1.54, 1.807) is 28.7 Å². The molecule has 3 aromatic rings. The van der Waals surface area contributed by atoms with Gasteiger partial charge < -0.3 is 5.73 Å². The van der Waals surface area contributed by atoms with Crippen LogP contribution in [0.5, 0.6) is 0 Å². The standard InChI is InChI=1S/C15H14FNS2/c16-11-3-6-14-10(8-11)9-15(19-14)13(17)5-4-12-2-1-7-18-12/h1-3,6-9,13H,4-5,17H2. The molecule has 2 N–H and O–H groups in total. The third-order valence-corrected chi connectivity index (χ3v) is 5.33. The first-order valence-corrected chi connectivity index (χ1v) is 7.89. The molecule has 0 saturated carbocycles. The third-order valence-electron chi connectivity index (χ3n) is 3.14. The van der Waals surface area contributed by atoms with Crippen molar-refractivity contribution in [1.82, 2.24) is 0 Å². The van der Waals surface area contributed by atoms with E-state index in [0.29, 0.717) is 0 Å². The summed E-state index contributed by atoms with van der Waals surface area (Å²) in [4.78, 5) is 2.50. The van der Waals surface area contributed by atoms with Gasteiger partial charge >= 0.3 is 0 Å². The lowest BCUT2D eigenvalue weighted by Crippen LogP contribution is -2.09. The Hall–Kier alpha value is -1.23. The maximum atomic E-state index is 13.2.